The van der Waals surface area contributed by atoms with Gasteiger partial charge in [0.25, 0.3) is 0 Å². The Balaban J connectivity index is 3.29. The van der Waals surface area contributed by atoms with Crippen molar-refractivity contribution in [1.82, 2.24) is 0 Å². The molecule has 0 aromatic heterocycles. The summed E-state index contributed by atoms with van der Waals surface area (Å²) in [4.78, 5) is 0. The average Bonchev–Trinajstić information content (AvgIpc) is 2.45. The second kappa shape index (κ2) is 16.5. The van der Waals surface area contributed by atoms with E-state index in [-0.39, 0.29) is 0 Å². The number of allylic oxidation sites excluding steroid dienone is 4. The SMILES string of the molecule is CCCC=CCCCC(C)CCCC=CCCCCC. The maximum atomic E-state index is 2.42. The predicted molar refractivity (Wildman–Crippen MR) is 94.2 cm³/mol. The molecule has 0 aromatic carbocycles. The zero-order valence-corrected chi connectivity index (χ0v) is 14.4. The molecule has 0 aliphatic heterocycles. The number of hydrogen-bond donors (Lipinski definition) is 0. The molecule has 0 fully saturated rings. The summed E-state index contributed by atoms with van der Waals surface area (Å²) in [5.74, 6) is 0.906. The first-order valence-electron chi connectivity index (χ1n) is 9.11. The maximum absolute atomic E-state index is 2.42. The van der Waals surface area contributed by atoms with Crippen LogP contribution in [0.1, 0.15) is 97.8 Å². The number of unbranched alkanes of at least 4 members (excludes halogenated alkanes) is 6. The van der Waals surface area contributed by atoms with Crippen molar-refractivity contribution in [3.05, 3.63) is 24.3 Å². The highest BCUT2D eigenvalue weighted by atomic mass is 14.1. The van der Waals surface area contributed by atoms with Crippen LogP contribution in [0, 0.1) is 5.92 Å². The Hall–Kier alpha value is -0.520. The Morgan fingerprint density at radius 1 is 0.600 bits per heavy atom. The third-order valence-corrected chi connectivity index (χ3v) is 3.90. The predicted octanol–water partition coefficient (Wildman–Crippen LogP) is 7.46. The molecule has 118 valence electrons. The molecule has 0 saturated heterocycles. The summed E-state index contributed by atoms with van der Waals surface area (Å²) < 4.78 is 0. The van der Waals surface area contributed by atoms with Crippen molar-refractivity contribution in [3.8, 4) is 0 Å². The van der Waals surface area contributed by atoms with Gasteiger partial charge in [0, 0.05) is 0 Å². The molecule has 0 aromatic rings. The van der Waals surface area contributed by atoms with E-state index >= 15 is 0 Å². The second-order valence-electron chi connectivity index (χ2n) is 6.19. The summed E-state index contributed by atoms with van der Waals surface area (Å²) in [5, 5.41) is 0. The fourth-order valence-corrected chi connectivity index (χ4v) is 2.46. The normalized spacial score (nSPS) is 13.6. The van der Waals surface area contributed by atoms with Crippen LogP contribution in [0.5, 0.6) is 0 Å². The lowest BCUT2D eigenvalue weighted by Gasteiger charge is -2.09. The Bertz CT molecular complexity index is 224. The lowest BCUT2D eigenvalue weighted by atomic mass is 9.97. The fourth-order valence-electron chi connectivity index (χ4n) is 2.46. The molecule has 1 atom stereocenters. The van der Waals surface area contributed by atoms with E-state index in [1.54, 1.807) is 0 Å². The van der Waals surface area contributed by atoms with Crippen molar-refractivity contribution >= 4 is 0 Å². The molecule has 1 unspecified atom stereocenters. The molecule has 0 bridgehead atoms. The van der Waals surface area contributed by atoms with Crippen LogP contribution in [-0.4, -0.2) is 0 Å². The molecular weight excluding hydrogens is 240 g/mol. The van der Waals surface area contributed by atoms with Crippen LogP contribution in [0.25, 0.3) is 0 Å². The molecule has 0 heteroatoms. The van der Waals surface area contributed by atoms with Crippen LogP contribution in [0.15, 0.2) is 24.3 Å². The molecule has 0 nitrogen and oxygen atoms in total. The largest absolute Gasteiger partial charge is 0.0885 e. The van der Waals surface area contributed by atoms with E-state index in [4.69, 9.17) is 0 Å². The van der Waals surface area contributed by atoms with Gasteiger partial charge in [-0.05, 0) is 50.9 Å². The van der Waals surface area contributed by atoms with E-state index in [2.05, 4.69) is 45.1 Å². The average molecular weight is 279 g/mol. The summed E-state index contributed by atoms with van der Waals surface area (Å²) in [7, 11) is 0. The summed E-state index contributed by atoms with van der Waals surface area (Å²) in [6.07, 6.45) is 25.5. The molecular formula is C20H38. The molecule has 0 radical (unpaired) electrons. The van der Waals surface area contributed by atoms with E-state index < -0.39 is 0 Å². The highest BCUT2D eigenvalue weighted by Gasteiger charge is 2.00. The van der Waals surface area contributed by atoms with Gasteiger partial charge in [-0.15, -0.1) is 0 Å². The van der Waals surface area contributed by atoms with Gasteiger partial charge in [-0.2, -0.15) is 0 Å². The minimum absolute atomic E-state index is 0.906. The minimum atomic E-state index is 0.906. The van der Waals surface area contributed by atoms with Crippen molar-refractivity contribution in [2.45, 2.75) is 97.8 Å². The lowest BCUT2D eigenvalue weighted by molar-refractivity contribution is 0.463. The summed E-state index contributed by atoms with van der Waals surface area (Å²) in [5.41, 5.74) is 0. The molecule has 0 N–H and O–H groups in total. The van der Waals surface area contributed by atoms with Gasteiger partial charge in [0.2, 0.25) is 0 Å². The standard InChI is InChI=1S/C20H38/c1-4-6-8-10-12-13-15-17-19-20(3)18-16-14-11-9-7-5-2/h9,11-13,20H,4-8,10,14-19H2,1-3H3. The van der Waals surface area contributed by atoms with Crippen LogP contribution < -0.4 is 0 Å². The molecule has 0 amide bonds. The zero-order valence-electron chi connectivity index (χ0n) is 14.4. The van der Waals surface area contributed by atoms with Crippen molar-refractivity contribution in [2.24, 2.45) is 5.92 Å². The Labute approximate surface area is 128 Å². The van der Waals surface area contributed by atoms with Crippen LogP contribution in [0.3, 0.4) is 0 Å². The smallest absolute Gasteiger partial charge is 0.0351 e. The van der Waals surface area contributed by atoms with Crippen molar-refractivity contribution < 1.29 is 0 Å². The van der Waals surface area contributed by atoms with E-state index in [9.17, 15) is 0 Å². The van der Waals surface area contributed by atoms with Gasteiger partial charge in [-0.1, -0.05) is 77.2 Å². The lowest BCUT2D eigenvalue weighted by Crippen LogP contribution is -1.94. The fraction of sp³-hybridized carbons (Fsp3) is 0.800. The van der Waals surface area contributed by atoms with E-state index in [1.165, 1.54) is 77.0 Å². The molecule has 0 heterocycles. The highest BCUT2D eigenvalue weighted by Crippen LogP contribution is 2.16. The first-order chi connectivity index (χ1) is 9.81. The molecule has 0 saturated carbocycles. The Kier molecular flexibility index (Phi) is 16.1. The van der Waals surface area contributed by atoms with Gasteiger partial charge < -0.3 is 0 Å². The minimum Gasteiger partial charge on any atom is -0.0885 e. The molecule has 0 aliphatic rings. The van der Waals surface area contributed by atoms with Gasteiger partial charge in [0.1, 0.15) is 0 Å². The second-order valence-corrected chi connectivity index (χ2v) is 6.19. The Morgan fingerprint density at radius 2 is 1.10 bits per heavy atom. The van der Waals surface area contributed by atoms with Gasteiger partial charge in [-0.3, -0.25) is 0 Å². The van der Waals surface area contributed by atoms with Crippen molar-refractivity contribution in [3.63, 3.8) is 0 Å². The van der Waals surface area contributed by atoms with Crippen LogP contribution in [0.2, 0.25) is 0 Å². The van der Waals surface area contributed by atoms with Crippen molar-refractivity contribution in [1.29, 1.82) is 0 Å². The zero-order chi connectivity index (χ0) is 14.9. The third kappa shape index (κ3) is 15.5. The molecule has 0 rings (SSSR count). The quantitative estimate of drug-likeness (QED) is 0.228. The first-order valence-corrected chi connectivity index (χ1v) is 9.11. The van der Waals surface area contributed by atoms with Crippen LogP contribution >= 0.6 is 0 Å². The highest BCUT2D eigenvalue weighted by molar-refractivity contribution is 4.82. The van der Waals surface area contributed by atoms with Crippen molar-refractivity contribution in [2.75, 3.05) is 0 Å². The number of hydrogen-bond acceptors (Lipinski definition) is 0. The maximum Gasteiger partial charge on any atom is -0.0351 e. The summed E-state index contributed by atoms with van der Waals surface area (Å²) in [6.45, 7) is 6.93. The van der Waals surface area contributed by atoms with Gasteiger partial charge >= 0.3 is 0 Å². The van der Waals surface area contributed by atoms with Crippen LogP contribution in [-0.2, 0) is 0 Å². The summed E-state index contributed by atoms with van der Waals surface area (Å²) in [6, 6.07) is 0. The van der Waals surface area contributed by atoms with E-state index in [1.807, 2.05) is 0 Å². The Morgan fingerprint density at radius 3 is 1.60 bits per heavy atom. The molecule has 0 aliphatic carbocycles. The van der Waals surface area contributed by atoms with Crippen LogP contribution in [0.4, 0.5) is 0 Å². The number of rotatable bonds is 14. The monoisotopic (exact) mass is 278 g/mol. The third-order valence-electron chi connectivity index (χ3n) is 3.90. The van der Waals surface area contributed by atoms with Gasteiger partial charge in [0.05, 0.1) is 0 Å². The summed E-state index contributed by atoms with van der Waals surface area (Å²) >= 11 is 0. The van der Waals surface area contributed by atoms with E-state index in [0.29, 0.717) is 0 Å². The first kappa shape index (κ1) is 19.5. The topological polar surface area (TPSA) is 0 Å². The molecule has 0 spiro atoms. The van der Waals surface area contributed by atoms with Gasteiger partial charge in [-0.25, -0.2) is 0 Å². The van der Waals surface area contributed by atoms with E-state index in [0.717, 1.165) is 5.92 Å². The van der Waals surface area contributed by atoms with Gasteiger partial charge in [0.15, 0.2) is 0 Å². The molecule has 20 heavy (non-hydrogen) atoms.